The summed E-state index contributed by atoms with van der Waals surface area (Å²) in [6, 6.07) is 0. The third-order valence-corrected chi connectivity index (χ3v) is 4.35. The SMILES string of the molecule is CC1CCCCC2C(=O)N(C(C)(C)C)C(=O)C2C1. The second-order valence-corrected chi connectivity index (χ2v) is 7.02. The van der Waals surface area contributed by atoms with Crippen LogP contribution >= 0.6 is 0 Å². The second kappa shape index (κ2) is 4.67. The van der Waals surface area contributed by atoms with E-state index in [2.05, 4.69) is 6.92 Å². The van der Waals surface area contributed by atoms with Gasteiger partial charge in [0.25, 0.3) is 0 Å². The van der Waals surface area contributed by atoms with Crippen LogP contribution in [-0.2, 0) is 9.59 Å². The first-order valence-corrected chi connectivity index (χ1v) is 7.20. The summed E-state index contributed by atoms with van der Waals surface area (Å²) in [5, 5.41) is 0. The van der Waals surface area contributed by atoms with Gasteiger partial charge in [-0.25, -0.2) is 0 Å². The molecule has 0 spiro atoms. The Labute approximate surface area is 110 Å². The summed E-state index contributed by atoms with van der Waals surface area (Å²) in [6.45, 7) is 8.06. The third kappa shape index (κ3) is 2.32. The number of hydrogen-bond donors (Lipinski definition) is 0. The van der Waals surface area contributed by atoms with E-state index in [-0.39, 0.29) is 29.2 Å². The number of fused-ring (bicyclic) bond motifs is 1. The van der Waals surface area contributed by atoms with E-state index in [0.29, 0.717) is 5.92 Å². The van der Waals surface area contributed by atoms with Crippen LogP contribution in [-0.4, -0.2) is 22.3 Å². The van der Waals surface area contributed by atoms with E-state index in [1.54, 1.807) is 0 Å². The lowest BCUT2D eigenvalue weighted by atomic mass is 9.79. The van der Waals surface area contributed by atoms with E-state index >= 15 is 0 Å². The van der Waals surface area contributed by atoms with Gasteiger partial charge in [-0.2, -0.15) is 0 Å². The topological polar surface area (TPSA) is 37.4 Å². The van der Waals surface area contributed by atoms with Gasteiger partial charge >= 0.3 is 0 Å². The molecule has 3 nitrogen and oxygen atoms in total. The van der Waals surface area contributed by atoms with Crippen molar-refractivity contribution in [2.24, 2.45) is 17.8 Å². The molecule has 3 heteroatoms. The minimum absolute atomic E-state index is 0.0422. The Morgan fingerprint density at radius 3 is 2.17 bits per heavy atom. The summed E-state index contributed by atoms with van der Waals surface area (Å²) in [5.74, 6) is 0.624. The number of carbonyl (C=O) groups excluding carboxylic acids is 2. The first-order chi connectivity index (χ1) is 8.32. The zero-order chi connectivity index (χ0) is 13.5. The molecule has 3 unspecified atom stereocenters. The number of rotatable bonds is 0. The Bertz CT molecular complexity index is 356. The summed E-state index contributed by atoms with van der Waals surface area (Å²) in [6.07, 6.45) is 5.26. The lowest BCUT2D eigenvalue weighted by Crippen LogP contribution is -2.46. The van der Waals surface area contributed by atoms with Crippen LogP contribution in [0, 0.1) is 17.8 Å². The molecule has 3 atom stereocenters. The number of likely N-dealkylation sites (tertiary alicyclic amines) is 1. The first-order valence-electron chi connectivity index (χ1n) is 7.20. The molecular weight excluding hydrogens is 226 g/mol. The molecule has 1 saturated heterocycles. The van der Waals surface area contributed by atoms with Gasteiger partial charge in [-0.1, -0.05) is 26.2 Å². The van der Waals surface area contributed by atoms with Crippen LogP contribution in [0.5, 0.6) is 0 Å². The molecule has 1 aliphatic heterocycles. The Morgan fingerprint density at radius 1 is 1.00 bits per heavy atom. The maximum absolute atomic E-state index is 12.5. The summed E-state index contributed by atoms with van der Waals surface area (Å²) in [5.41, 5.74) is -0.377. The van der Waals surface area contributed by atoms with Crippen molar-refractivity contribution >= 4 is 11.8 Å². The lowest BCUT2D eigenvalue weighted by Gasteiger charge is -2.30. The molecule has 0 radical (unpaired) electrons. The fraction of sp³-hybridized carbons (Fsp3) is 0.867. The van der Waals surface area contributed by atoms with Gasteiger partial charge in [-0.3, -0.25) is 14.5 Å². The predicted octanol–water partition coefficient (Wildman–Crippen LogP) is 2.99. The third-order valence-electron chi connectivity index (χ3n) is 4.35. The van der Waals surface area contributed by atoms with Crippen molar-refractivity contribution in [2.45, 2.75) is 65.3 Å². The van der Waals surface area contributed by atoms with Gasteiger partial charge in [0.1, 0.15) is 0 Å². The van der Waals surface area contributed by atoms with Gasteiger partial charge in [0.05, 0.1) is 11.8 Å². The van der Waals surface area contributed by atoms with Crippen LogP contribution < -0.4 is 0 Å². The monoisotopic (exact) mass is 251 g/mol. The molecule has 1 saturated carbocycles. The fourth-order valence-corrected chi connectivity index (χ4v) is 3.44. The Balaban J connectivity index is 2.27. The highest BCUT2D eigenvalue weighted by atomic mass is 16.2. The predicted molar refractivity (Wildman–Crippen MR) is 70.8 cm³/mol. The molecule has 2 amide bonds. The highest BCUT2D eigenvalue weighted by molar-refractivity contribution is 6.05. The van der Waals surface area contributed by atoms with E-state index in [1.807, 2.05) is 20.8 Å². The average molecular weight is 251 g/mol. The van der Waals surface area contributed by atoms with Crippen LogP contribution in [0.2, 0.25) is 0 Å². The van der Waals surface area contributed by atoms with Crippen LogP contribution in [0.4, 0.5) is 0 Å². The van der Waals surface area contributed by atoms with Crippen LogP contribution in [0.3, 0.4) is 0 Å². The van der Waals surface area contributed by atoms with Crippen molar-refractivity contribution in [3.8, 4) is 0 Å². The van der Waals surface area contributed by atoms with Gasteiger partial charge in [0, 0.05) is 5.54 Å². The van der Waals surface area contributed by atoms with E-state index in [9.17, 15) is 9.59 Å². The molecule has 0 aromatic heterocycles. The van der Waals surface area contributed by atoms with Gasteiger partial charge < -0.3 is 0 Å². The quantitative estimate of drug-likeness (QED) is 0.621. The second-order valence-electron chi connectivity index (χ2n) is 7.02. The molecule has 102 valence electrons. The van der Waals surface area contributed by atoms with Gasteiger partial charge in [0.15, 0.2) is 0 Å². The maximum Gasteiger partial charge on any atom is 0.233 e. The van der Waals surface area contributed by atoms with Crippen molar-refractivity contribution in [1.82, 2.24) is 4.90 Å². The smallest absolute Gasteiger partial charge is 0.233 e. The highest BCUT2D eigenvalue weighted by Crippen LogP contribution is 2.40. The van der Waals surface area contributed by atoms with Crippen molar-refractivity contribution in [3.05, 3.63) is 0 Å². The Morgan fingerprint density at radius 2 is 1.56 bits per heavy atom. The molecule has 0 aromatic rings. The van der Waals surface area contributed by atoms with E-state index in [4.69, 9.17) is 0 Å². The van der Waals surface area contributed by atoms with E-state index in [1.165, 1.54) is 17.7 Å². The molecule has 0 bridgehead atoms. The molecule has 0 N–H and O–H groups in total. The van der Waals surface area contributed by atoms with Gasteiger partial charge in [0.2, 0.25) is 11.8 Å². The largest absolute Gasteiger partial charge is 0.277 e. The van der Waals surface area contributed by atoms with Crippen molar-refractivity contribution in [3.63, 3.8) is 0 Å². The molecule has 2 fully saturated rings. The zero-order valence-corrected chi connectivity index (χ0v) is 12.0. The number of hydrogen-bond acceptors (Lipinski definition) is 2. The summed E-state index contributed by atoms with van der Waals surface area (Å²) in [4.78, 5) is 26.5. The van der Waals surface area contributed by atoms with Crippen LogP contribution in [0.1, 0.15) is 59.8 Å². The van der Waals surface area contributed by atoms with Crippen LogP contribution in [0.15, 0.2) is 0 Å². The molecule has 18 heavy (non-hydrogen) atoms. The van der Waals surface area contributed by atoms with Gasteiger partial charge in [-0.05, 0) is 39.5 Å². The highest BCUT2D eigenvalue weighted by Gasteiger charge is 2.51. The zero-order valence-electron chi connectivity index (χ0n) is 12.0. The molecule has 2 aliphatic rings. The maximum atomic E-state index is 12.5. The number of nitrogens with zero attached hydrogens (tertiary/aromatic N) is 1. The Hall–Kier alpha value is -0.860. The van der Waals surface area contributed by atoms with Crippen molar-refractivity contribution < 1.29 is 9.59 Å². The Kier molecular flexibility index (Phi) is 3.52. The molecular formula is C15H25NO2. The van der Waals surface area contributed by atoms with Crippen molar-refractivity contribution in [1.29, 1.82) is 0 Å². The minimum Gasteiger partial charge on any atom is -0.277 e. The minimum atomic E-state index is -0.377. The normalized spacial score (nSPS) is 34.2. The van der Waals surface area contributed by atoms with Crippen LogP contribution in [0.25, 0.3) is 0 Å². The van der Waals surface area contributed by atoms with E-state index in [0.717, 1.165) is 19.3 Å². The number of amides is 2. The molecule has 0 aromatic carbocycles. The standard InChI is InChI=1S/C15H25NO2/c1-10-7-5-6-8-11-12(9-10)14(18)16(13(11)17)15(2,3)4/h10-12H,5-9H2,1-4H3. The summed E-state index contributed by atoms with van der Waals surface area (Å²) < 4.78 is 0. The summed E-state index contributed by atoms with van der Waals surface area (Å²) in [7, 11) is 0. The van der Waals surface area contributed by atoms with Gasteiger partial charge in [-0.15, -0.1) is 0 Å². The fourth-order valence-electron chi connectivity index (χ4n) is 3.44. The average Bonchev–Trinajstić information content (AvgIpc) is 2.42. The lowest BCUT2D eigenvalue weighted by molar-refractivity contribution is -0.145. The molecule has 1 heterocycles. The molecule has 2 rings (SSSR count). The van der Waals surface area contributed by atoms with E-state index < -0.39 is 0 Å². The number of imide groups is 1. The summed E-state index contributed by atoms with van der Waals surface area (Å²) >= 11 is 0. The van der Waals surface area contributed by atoms with Crippen molar-refractivity contribution in [2.75, 3.05) is 0 Å². The first kappa shape index (κ1) is 13.6. The molecule has 1 aliphatic carbocycles. The number of carbonyl (C=O) groups is 2.